The SMILES string of the molecule is c1ccc2cc(-c3ccc(-c4ccc(N(c5ccc(-c6cccc7c6sc6ccccc67)cc5)c5ccc(-n6c7ccccc7c7ccccc76)cc5)cc4)cc3)ccc2c1. The minimum atomic E-state index is 1.09. The molecule has 286 valence electrons. The molecular weight excluding hydrogens is 757 g/mol. The number of anilines is 3. The minimum absolute atomic E-state index is 1.09. The lowest BCUT2D eigenvalue weighted by Gasteiger charge is -2.26. The van der Waals surface area contributed by atoms with Crippen molar-refractivity contribution in [2.24, 2.45) is 0 Å². The topological polar surface area (TPSA) is 8.17 Å². The molecule has 0 aliphatic carbocycles. The second kappa shape index (κ2) is 14.5. The summed E-state index contributed by atoms with van der Waals surface area (Å²) >= 11 is 1.88. The Morgan fingerprint density at radius 1 is 0.328 bits per heavy atom. The number of thiophene rings is 1. The molecule has 0 saturated carbocycles. The fourth-order valence-corrected chi connectivity index (χ4v) is 10.4. The Balaban J connectivity index is 0.916. The molecule has 3 heteroatoms. The second-order valence-electron chi connectivity index (χ2n) is 15.7. The van der Waals surface area contributed by atoms with Gasteiger partial charge in [0.1, 0.15) is 0 Å². The number of aromatic nitrogens is 1. The number of hydrogen-bond acceptors (Lipinski definition) is 2. The summed E-state index contributed by atoms with van der Waals surface area (Å²) < 4.78 is 5.03. The lowest BCUT2D eigenvalue weighted by Crippen LogP contribution is -2.10. The lowest BCUT2D eigenvalue weighted by molar-refractivity contribution is 1.17. The van der Waals surface area contributed by atoms with Crippen LogP contribution in [0.3, 0.4) is 0 Å². The predicted molar refractivity (Wildman–Crippen MR) is 262 cm³/mol. The highest BCUT2D eigenvalue weighted by Gasteiger charge is 2.17. The van der Waals surface area contributed by atoms with Crippen molar-refractivity contribution in [1.82, 2.24) is 4.57 Å². The van der Waals surface area contributed by atoms with Crippen LogP contribution in [-0.4, -0.2) is 4.57 Å². The van der Waals surface area contributed by atoms with Gasteiger partial charge in [-0.05, 0) is 117 Å². The van der Waals surface area contributed by atoms with E-state index in [1.165, 1.54) is 86.1 Å². The van der Waals surface area contributed by atoms with Crippen molar-refractivity contribution >= 4 is 81.1 Å². The minimum Gasteiger partial charge on any atom is -0.311 e. The van der Waals surface area contributed by atoms with E-state index in [2.05, 4.69) is 240 Å². The van der Waals surface area contributed by atoms with E-state index in [9.17, 15) is 0 Å². The van der Waals surface area contributed by atoms with Crippen LogP contribution in [0.15, 0.2) is 231 Å². The van der Waals surface area contributed by atoms with Gasteiger partial charge in [-0.2, -0.15) is 0 Å². The van der Waals surface area contributed by atoms with Gasteiger partial charge in [0.25, 0.3) is 0 Å². The zero-order valence-corrected chi connectivity index (χ0v) is 34.1. The summed E-state index contributed by atoms with van der Waals surface area (Å²) in [4.78, 5) is 2.37. The van der Waals surface area contributed by atoms with E-state index in [1.54, 1.807) is 0 Å². The van der Waals surface area contributed by atoms with Crippen molar-refractivity contribution in [2.45, 2.75) is 0 Å². The molecule has 0 spiro atoms. The molecule has 61 heavy (non-hydrogen) atoms. The van der Waals surface area contributed by atoms with E-state index >= 15 is 0 Å². The number of fused-ring (bicyclic) bond motifs is 7. The maximum absolute atomic E-state index is 2.38. The van der Waals surface area contributed by atoms with E-state index in [0.29, 0.717) is 0 Å². The molecule has 0 amide bonds. The van der Waals surface area contributed by atoms with Gasteiger partial charge in [-0.3, -0.25) is 0 Å². The molecule has 12 rings (SSSR count). The fourth-order valence-electron chi connectivity index (χ4n) is 9.19. The molecule has 0 bridgehead atoms. The summed E-state index contributed by atoms with van der Waals surface area (Å²) in [6, 6.07) is 84.1. The molecule has 2 nitrogen and oxygen atoms in total. The highest BCUT2D eigenvalue weighted by molar-refractivity contribution is 7.26. The van der Waals surface area contributed by atoms with Crippen molar-refractivity contribution in [2.75, 3.05) is 4.90 Å². The predicted octanol–water partition coefficient (Wildman–Crippen LogP) is 16.8. The Morgan fingerprint density at radius 3 is 1.46 bits per heavy atom. The number of benzene rings is 10. The first kappa shape index (κ1) is 35.2. The van der Waals surface area contributed by atoms with Crippen LogP contribution in [0, 0.1) is 0 Å². The first-order chi connectivity index (χ1) is 30.2. The average Bonchev–Trinajstić information content (AvgIpc) is 3.89. The smallest absolute Gasteiger partial charge is 0.0541 e. The maximum atomic E-state index is 2.38. The Bertz CT molecular complexity index is 3500. The van der Waals surface area contributed by atoms with Gasteiger partial charge >= 0.3 is 0 Å². The standard InChI is InChI=1S/C58H38N2S/c1-2-11-44-38-45(25-24-39(44)10-1)42-22-20-40(21-23-42)41-26-30-46(31-27-41)59(47-32-28-43(29-33-47)50-15-9-16-54-53-14-5-8-19-57(53)61-58(50)54)48-34-36-49(37-35-48)60-55-17-6-3-12-51(55)52-13-4-7-18-56(52)60/h1-38H. The van der Waals surface area contributed by atoms with E-state index in [4.69, 9.17) is 0 Å². The molecule has 0 aliphatic rings. The Labute approximate surface area is 358 Å². The van der Waals surface area contributed by atoms with Gasteiger partial charge in [0, 0.05) is 53.7 Å². The lowest BCUT2D eigenvalue weighted by atomic mass is 9.98. The Morgan fingerprint density at radius 2 is 0.803 bits per heavy atom. The van der Waals surface area contributed by atoms with E-state index in [1.807, 2.05) is 11.3 Å². The van der Waals surface area contributed by atoms with Gasteiger partial charge in [-0.15, -0.1) is 11.3 Å². The molecule has 0 unspecified atom stereocenters. The fraction of sp³-hybridized carbons (Fsp3) is 0. The van der Waals surface area contributed by atoms with Crippen molar-refractivity contribution < 1.29 is 0 Å². The largest absolute Gasteiger partial charge is 0.311 e. The molecule has 0 N–H and O–H groups in total. The molecule has 0 atom stereocenters. The normalized spacial score (nSPS) is 11.6. The number of rotatable bonds is 7. The third kappa shape index (κ3) is 6.09. The highest BCUT2D eigenvalue weighted by atomic mass is 32.1. The van der Waals surface area contributed by atoms with E-state index in [0.717, 1.165) is 22.7 Å². The van der Waals surface area contributed by atoms with Gasteiger partial charge < -0.3 is 9.47 Å². The zero-order chi connectivity index (χ0) is 40.3. The molecule has 0 fully saturated rings. The van der Waals surface area contributed by atoms with Crippen LogP contribution in [0.5, 0.6) is 0 Å². The van der Waals surface area contributed by atoms with Crippen LogP contribution in [0.4, 0.5) is 17.1 Å². The Kier molecular flexibility index (Phi) is 8.39. The van der Waals surface area contributed by atoms with Crippen LogP contribution in [0.2, 0.25) is 0 Å². The van der Waals surface area contributed by atoms with Crippen molar-refractivity contribution in [1.29, 1.82) is 0 Å². The van der Waals surface area contributed by atoms with Crippen molar-refractivity contribution in [3.63, 3.8) is 0 Å². The molecule has 10 aromatic carbocycles. The molecule has 2 aromatic heterocycles. The zero-order valence-electron chi connectivity index (χ0n) is 33.2. The van der Waals surface area contributed by atoms with Crippen LogP contribution in [-0.2, 0) is 0 Å². The number of para-hydroxylation sites is 2. The van der Waals surface area contributed by atoms with Crippen molar-refractivity contribution in [3.8, 4) is 39.1 Å². The summed E-state index contributed by atoms with van der Waals surface area (Å²) in [7, 11) is 0. The van der Waals surface area contributed by atoms with Gasteiger partial charge in [0.2, 0.25) is 0 Å². The average molecular weight is 795 g/mol. The summed E-state index contributed by atoms with van der Waals surface area (Å²) in [5.41, 5.74) is 14.1. The molecule has 0 aliphatic heterocycles. The number of hydrogen-bond donors (Lipinski definition) is 0. The first-order valence-electron chi connectivity index (χ1n) is 20.8. The van der Waals surface area contributed by atoms with Crippen LogP contribution >= 0.6 is 11.3 Å². The Hall–Kier alpha value is -7.72. The first-order valence-corrected chi connectivity index (χ1v) is 21.6. The van der Waals surface area contributed by atoms with Crippen LogP contribution in [0.25, 0.3) is 91.8 Å². The van der Waals surface area contributed by atoms with Crippen LogP contribution < -0.4 is 4.90 Å². The van der Waals surface area contributed by atoms with Gasteiger partial charge in [-0.1, -0.05) is 158 Å². The third-order valence-corrected chi connectivity index (χ3v) is 13.4. The maximum Gasteiger partial charge on any atom is 0.0541 e. The third-order valence-electron chi connectivity index (χ3n) is 12.2. The second-order valence-corrected chi connectivity index (χ2v) is 16.8. The number of nitrogens with zero attached hydrogens (tertiary/aromatic N) is 2. The van der Waals surface area contributed by atoms with E-state index < -0.39 is 0 Å². The molecule has 12 aromatic rings. The van der Waals surface area contributed by atoms with Gasteiger partial charge in [-0.25, -0.2) is 0 Å². The van der Waals surface area contributed by atoms with Gasteiger partial charge in [0.05, 0.1) is 11.0 Å². The van der Waals surface area contributed by atoms with Crippen LogP contribution in [0.1, 0.15) is 0 Å². The summed E-state index contributed by atoms with van der Waals surface area (Å²) in [5.74, 6) is 0. The molecule has 0 radical (unpaired) electrons. The molecule has 0 saturated heterocycles. The molecular formula is C58H38N2S. The molecule has 2 heterocycles. The summed E-state index contributed by atoms with van der Waals surface area (Å²) in [6.45, 7) is 0. The van der Waals surface area contributed by atoms with Gasteiger partial charge in [0.15, 0.2) is 0 Å². The quantitative estimate of drug-likeness (QED) is 0.156. The van der Waals surface area contributed by atoms with Crippen molar-refractivity contribution in [3.05, 3.63) is 231 Å². The van der Waals surface area contributed by atoms with E-state index in [-0.39, 0.29) is 0 Å². The summed E-state index contributed by atoms with van der Waals surface area (Å²) in [6.07, 6.45) is 0. The monoisotopic (exact) mass is 794 g/mol. The highest BCUT2D eigenvalue weighted by Crippen LogP contribution is 2.42. The summed E-state index contributed by atoms with van der Waals surface area (Å²) in [5, 5.41) is 7.68.